The Morgan fingerprint density at radius 2 is 1.77 bits per heavy atom. The van der Waals surface area contributed by atoms with Gasteiger partial charge in [0, 0.05) is 5.69 Å². The van der Waals surface area contributed by atoms with Crippen LogP contribution >= 0.6 is 0 Å². The largest absolute Gasteiger partial charge is 0.508 e. The molecule has 134 valence electrons. The van der Waals surface area contributed by atoms with Crippen molar-refractivity contribution < 1.29 is 19.4 Å². The molecule has 0 radical (unpaired) electrons. The molecular formula is C20H20N2O4. The molecule has 6 heteroatoms. The number of amides is 1. The first-order valence-electron chi connectivity index (χ1n) is 8.19. The summed E-state index contributed by atoms with van der Waals surface area (Å²) in [6, 6.07) is 13.1. The number of carbonyl (C=O) groups excluding carboxylic acids is 1. The average Bonchev–Trinajstić information content (AvgIpc) is 2.64. The van der Waals surface area contributed by atoms with Gasteiger partial charge in [0.25, 0.3) is 5.91 Å². The Balaban J connectivity index is 2.24. The molecule has 0 fully saturated rings. The summed E-state index contributed by atoms with van der Waals surface area (Å²) in [5.41, 5.74) is 1.08. The number of anilines is 1. The number of benzene rings is 2. The van der Waals surface area contributed by atoms with Gasteiger partial charge in [-0.3, -0.25) is 4.79 Å². The number of nitriles is 1. The first-order chi connectivity index (χ1) is 12.6. The highest BCUT2D eigenvalue weighted by atomic mass is 16.5. The fraction of sp³-hybridized carbons (Fsp3) is 0.200. The van der Waals surface area contributed by atoms with Crippen molar-refractivity contribution in [2.75, 3.05) is 18.5 Å². The highest BCUT2D eigenvalue weighted by Crippen LogP contribution is 2.29. The van der Waals surface area contributed by atoms with Crippen LogP contribution in [0.1, 0.15) is 19.4 Å². The number of phenolic OH excluding ortho intramolecular Hbond substituents is 1. The Kier molecular flexibility index (Phi) is 6.63. The van der Waals surface area contributed by atoms with Gasteiger partial charge in [-0.05, 0) is 61.9 Å². The Hall–Kier alpha value is -3.46. The minimum Gasteiger partial charge on any atom is -0.508 e. The fourth-order valence-corrected chi connectivity index (χ4v) is 2.22. The van der Waals surface area contributed by atoms with Crippen LogP contribution in [0, 0.1) is 11.3 Å². The van der Waals surface area contributed by atoms with Crippen molar-refractivity contribution >= 4 is 17.7 Å². The molecule has 0 aromatic heterocycles. The molecule has 2 aromatic rings. The number of hydrogen-bond acceptors (Lipinski definition) is 5. The maximum atomic E-state index is 12.3. The second-order valence-electron chi connectivity index (χ2n) is 5.24. The van der Waals surface area contributed by atoms with Crippen molar-refractivity contribution in [2.45, 2.75) is 13.8 Å². The van der Waals surface area contributed by atoms with E-state index in [4.69, 9.17) is 9.47 Å². The van der Waals surface area contributed by atoms with E-state index in [9.17, 15) is 15.2 Å². The fourth-order valence-electron chi connectivity index (χ4n) is 2.22. The number of hydrogen-bond donors (Lipinski definition) is 2. The van der Waals surface area contributed by atoms with Gasteiger partial charge in [-0.25, -0.2) is 0 Å². The minimum absolute atomic E-state index is 0.0512. The summed E-state index contributed by atoms with van der Waals surface area (Å²) in [6.07, 6.45) is 1.48. The Labute approximate surface area is 152 Å². The van der Waals surface area contributed by atoms with Gasteiger partial charge in [0.2, 0.25) is 0 Å². The Morgan fingerprint density at radius 3 is 2.38 bits per heavy atom. The van der Waals surface area contributed by atoms with E-state index < -0.39 is 5.91 Å². The summed E-state index contributed by atoms with van der Waals surface area (Å²) < 4.78 is 11.1. The average molecular weight is 352 g/mol. The molecule has 2 rings (SSSR count). The van der Waals surface area contributed by atoms with Crippen LogP contribution in [0.4, 0.5) is 5.69 Å². The summed E-state index contributed by atoms with van der Waals surface area (Å²) in [4.78, 5) is 12.3. The van der Waals surface area contributed by atoms with E-state index in [2.05, 4.69) is 5.32 Å². The van der Waals surface area contributed by atoms with Crippen molar-refractivity contribution in [1.29, 1.82) is 5.26 Å². The van der Waals surface area contributed by atoms with Crippen molar-refractivity contribution in [1.82, 2.24) is 0 Å². The third-order valence-corrected chi connectivity index (χ3v) is 3.37. The van der Waals surface area contributed by atoms with Gasteiger partial charge in [-0.15, -0.1) is 0 Å². The topological polar surface area (TPSA) is 91.6 Å². The molecule has 26 heavy (non-hydrogen) atoms. The van der Waals surface area contributed by atoms with E-state index in [0.29, 0.717) is 36.0 Å². The van der Waals surface area contributed by atoms with E-state index in [1.54, 1.807) is 30.3 Å². The maximum absolute atomic E-state index is 12.3. The lowest BCUT2D eigenvalue weighted by atomic mass is 10.1. The zero-order valence-electron chi connectivity index (χ0n) is 14.7. The van der Waals surface area contributed by atoms with Gasteiger partial charge in [-0.1, -0.05) is 6.07 Å². The molecule has 1 amide bonds. The highest BCUT2D eigenvalue weighted by molar-refractivity contribution is 6.09. The number of nitrogens with zero attached hydrogens (tertiary/aromatic N) is 1. The second-order valence-corrected chi connectivity index (χ2v) is 5.24. The number of nitrogens with one attached hydrogen (secondary N) is 1. The molecular weight excluding hydrogens is 332 g/mol. The van der Waals surface area contributed by atoms with E-state index in [1.807, 2.05) is 19.9 Å². The van der Waals surface area contributed by atoms with Crippen LogP contribution in [0.15, 0.2) is 48.0 Å². The van der Waals surface area contributed by atoms with Crippen molar-refractivity contribution in [2.24, 2.45) is 0 Å². The normalized spacial score (nSPS) is 10.7. The van der Waals surface area contributed by atoms with E-state index >= 15 is 0 Å². The van der Waals surface area contributed by atoms with E-state index in [0.717, 1.165) is 0 Å². The second kappa shape index (κ2) is 9.14. The molecule has 0 heterocycles. The smallest absolute Gasteiger partial charge is 0.266 e. The van der Waals surface area contributed by atoms with Gasteiger partial charge < -0.3 is 19.9 Å². The van der Waals surface area contributed by atoms with Gasteiger partial charge in [0.15, 0.2) is 11.5 Å². The van der Waals surface area contributed by atoms with Gasteiger partial charge in [0.1, 0.15) is 17.4 Å². The van der Waals surface area contributed by atoms with Gasteiger partial charge in [-0.2, -0.15) is 5.26 Å². The van der Waals surface area contributed by atoms with Gasteiger partial charge in [0.05, 0.1) is 13.2 Å². The van der Waals surface area contributed by atoms with Crippen LogP contribution in [0.5, 0.6) is 17.2 Å². The lowest BCUT2D eigenvalue weighted by Gasteiger charge is -2.11. The van der Waals surface area contributed by atoms with Crippen LogP contribution in [-0.4, -0.2) is 24.2 Å². The molecule has 0 aliphatic carbocycles. The molecule has 2 aromatic carbocycles. The predicted octanol–water partition coefficient (Wildman–Crippen LogP) is 3.74. The first kappa shape index (κ1) is 18.9. The highest BCUT2D eigenvalue weighted by Gasteiger charge is 2.11. The van der Waals surface area contributed by atoms with Crippen molar-refractivity contribution in [3.63, 3.8) is 0 Å². The summed E-state index contributed by atoms with van der Waals surface area (Å²) in [5.74, 6) is 0.722. The third kappa shape index (κ3) is 5.02. The van der Waals surface area contributed by atoms with Crippen LogP contribution in [0.25, 0.3) is 6.08 Å². The third-order valence-electron chi connectivity index (χ3n) is 3.37. The Bertz CT molecular complexity index is 836. The molecule has 6 nitrogen and oxygen atoms in total. The Morgan fingerprint density at radius 1 is 1.12 bits per heavy atom. The SMILES string of the molecule is CCOc1ccc(/C=C(/C#N)C(=O)Nc2ccc(O)cc2)cc1OCC. The zero-order chi connectivity index (χ0) is 18.9. The van der Waals surface area contributed by atoms with E-state index in [-0.39, 0.29) is 11.3 Å². The molecule has 0 spiro atoms. The summed E-state index contributed by atoms with van der Waals surface area (Å²) >= 11 is 0. The van der Waals surface area contributed by atoms with Crippen LogP contribution < -0.4 is 14.8 Å². The zero-order valence-corrected chi connectivity index (χ0v) is 14.7. The summed E-state index contributed by atoms with van der Waals surface area (Å²) in [6.45, 7) is 4.72. The summed E-state index contributed by atoms with van der Waals surface area (Å²) in [5, 5.41) is 21.2. The maximum Gasteiger partial charge on any atom is 0.266 e. The van der Waals surface area contributed by atoms with Crippen molar-refractivity contribution in [3.8, 4) is 23.3 Å². The monoisotopic (exact) mass is 352 g/mol. The predicted molar refractivity (Wildman–Crippen MR) is 99.1 cm³/mol. The summed E-state index contributed by atoms with van der Waals surface area (Å²) in [7, 11) is 0. The molecule has 0 aliphatic rings. The molecule has 0 saturated heterocycles. The quantitative estimate of drug-likeness (QED) is 0.450. The van der Waals surface area contributed by atoms with Gasteiger partial charge >= 0.3 is 0 Å². The van der Waals surface area contributed by atoms with Crippen LogP contribution in [-0.2, 0) is 4.79 Å². The molecule has 0 atom stereocenters. The van der Waals surface area contributed by atoms with Crippen molar-refractivity contribution in [3.05, 3.63) is 53.6 Å². The van der Waals surface area contributed by atoms with Crippen LogP contribution in [0.3, 0.4) is 0 Å². The molecule has 2 N–H and O–H groups in total. The number of rotatable bonds is 7. The standard InChI is InChI=1S/C20H20N2O4/c1-3-25-18-10-5-14(12-19(18)26-4-2)11-15(13-21)20(24)22-16-6-8-17(23)9-7-16/h5-12,23H,3-4H2,1-2H3,(H,22,24)/b15-11-. The number of ether oxygens (including phenoxy) is 2. The minimum atomic E-state index is -0.537. The lowest BCUT2D eigenvalue weighted by Crippen LogP contribution is -2.13. The number of aromatic hydroxyl groups is 1. The molecule has 0 aliphatic heterocycles. The molecule has 0 unspecified atom stereocenters. The number of carbonyl (C=O) groups is 1. The molecule has 0 bridgehead atoms. The number of phenols is 1. The van der Waals surface area contributed by atoms with Crippen LogP contribution in [0.2, 0.25) is 0 Å². The molecule has 0 saturated carbocycles. The first-order valence-corrected chi connectivity index (χ1v) is 8.19. The van der Waals surface area contributed by atoms with E-state index in [1.165, 1.54) is 18.2 Å². The lowest BCUT2D eigenvalue weighted by molar-refractivity contribution is -0.112.